The van der Waals surface area contributed by atoms with Gasteiger partial charge < -0.3 is 14.8 Å². The second kappa shape index (κ2) is 11.1. The van der Waals surface area contributed by atoms with Gasteiger partial charge in [-0.05, 0) is 98.9 Å². The number of nitrogens with one attached hydrogen (secondary N) is 1. The van der Waals surface area contributed by atoms with Crippen LogP contribution in [0.5, 0.6) is 0 Å². The lowest BCUT2D eigenvalue weighted by atomic mass is 9.84. The van der Waals surface area contributed by atoms with Crippen molar-refractivity contribution < 1.29 is 4.79 Å². The Bertz CT molecular complexity index is 1290. The fourth-order valence-electron chi connectivity index (χ4n) is 5.91. The Labute approximate surface area is 214 Å². The summed E-state index contributed by atoms with van der Waals surface area (Å²) in [4.78, 5) is 15.2. The summed E-state index contributed by atoms with van der Waals surface area (Å²) in [5.41, 5.74) is 5.74. The highest BCUT2D eigenvalue weighted by atomic mass is 16.1. The van der Waals surface area contributed by atoms with Crippen LogP contribution < -0.4 is 5.32 Å². The Morgan fingerprint density at radius 3 is 2.61 bits per heavy atom. The molecule has 5 rings (SSSR count). The molecule has 0 saturated heterocycles. The van der Waals surface area contributed by atoms with E-state index in [1.54, 1.807) is 6.08 Å². The molecule has 0 spiro atoms. The van der Waals surface area contributed by atoms with Gasteiger partial charge in [-0.3, -0.25) is 4.79 Å². The van der Waals surface area contributed by atoms with Gasteiger partial charge in [0.2, 0.25) is 5.91 Å². The molecule has 1 saturated carbocycles. The second-order valence-electron chi connectivity index (χ2n) is 10.5. The molecule has 5 heteroatoms. The van der Waals surface area contributed by atoms with Crippen LogP contribution >= 0.6 is 0 Å². The molecule has 0 radical (unpaired) electrons. The minimum atomic E-state index is 0.00685. The summed E-state index contributed by atoms with van der Waals surface area (Å²) in [6.45, 7) is 3.33. The molecule has 1 amide bonds. The molecule has 1 aliphatic carbocycles. The van der Waals surface area contributed by atoms with Gasteiger partial charge in [0.1, 0.15) is 0 Å². The van der Waals surface area contributed by atoms with Gasteiger partial charge in [-0.2, -0.15) is 5.26 Å². The van der Waals surface area contributed by atoms with Crippen molar-refractivity contribution in [3.63, 3.8) is 0 Å². The standard InChI is InChI=1S/C31H36N4O/c1-34-29(21-27-4-2-3-5-30(27)34)12-13-31(36)33-28-10-7-23(8-11-28)14-17-35-18-15-25-9-6-24(22-32)20-26(25)16-19-35/h2-6,9,12-13,20-21,23,28H,7-8,10-11,14-19H2,1H3,(H,33,36)/b13-12+. The van der Waals surface area contributed by atoms with E-state index in [0.29, 0.717) is 0 Å². The largest absolute Gasteiger partial charge is 0.350 e. The van der Waals surface area contributed by atoms with Crippen LogP contribution in [0.3, 0.4) is 0 Å². The number of para-hydroxylation sites is 1. The van der Waals surface area contributed by atoms with Crippen molar-refractivity contribution in [3.05, 3.63) is 77.0 Å². The van der Waals surface area contributed by atoms with Crippen molar-refractivity contribution in [2.45, 2.75) is 51.0 Å². The van der Waals surface area contributed by atoms with Gasteiger partial charge >= 0.3 is 0 Å². The zero-order chi connectivity index (χ0) is 24.9. The highest BCUT2D eigenvalue weighted by Gasteiger charge is 2.23. The van der Waals surface area contributed by atoms with E-state index >= 15 is 0 Å². The van der Waals surface area contributed by atoms with E-state index < -0.39 is 0 Å². The molecule has 1 aliphatic heterocycles. The molecule has 186 valence electrons. The van der Waals surface area contributed by atoms with E-state index in [1.165, 1.54) is 41.3 Å². The first kappa shape index (κ1) is 24.3. The Hall–Kier alpha value is -3.36. The van der Waals surface area contributed by atoms with Crippen molar-refractivity contribution in [1.82, 2.24) is 14.8 Å². The Kier molecular flexibility index (Phi) is 7.53. The zero-order valence-corrected chi connectivity index (χ0v) is 21.2. The molecule has 1 N–H and O–H groups in total. The van der Waals surface area contributed by atoms with Gasteiger partial charge in [0.05, 0.1) is 11.6 Å². The van der Waals surface area contributed by atoms with E-state index in [1.807, 2.05) is 31.3 Å². The normalized spacial score (nSPS) is 20.7. The quantitative estimate of drug-likeness (QED) is 0.492. The maximum atomic E-state index is 12.6. The zero-order valence-electron chi connectivity index (χ0n) is 21.2. The van der Waals surface area contributed by atoms with Crippen LogP contribution in [0.1, 0.15) is 54.5 Å². The molecule has 2 aromatic carbocycles. The summed E-state index contributed by atoms with van der Waals surface area (Å²) in [6, 6.07) is 19.1. The highest BCUT2D eigenvalue weighted by Crippen LogP contribution is 2.28. The topological polar surface area (TPSA) is 61.1 Å². The minimum Gasteiger partial charge on any atom is -0.350 e. The number of aryl methyl sites for hydroxylation is 1. The van der Waals surface area contributed by atoms with Crippen LogP contribution in [-0.4, -0.2) is 41.1 Å². The summed E-state index contributed by atoms with van der Waals surface area (Å²) in [7, 11) is 2.04. The maximum absolute atomic E-state index is 12.6. The van der Waals surface area contributed by atoms with Crippen LogP contribution in [-0.2, 0) is 24.7 Å². The number of carbonyl (C=O) groups is 1. The van der Waals surface area contributed by atoms with Crippen molar-refractivity contribution in [1.29, 1.82) is 5.26 Å². The molecule has 0 bridgehead atoms. The van der Waals surface area contributed by atoms with E-state index in [0.717, 1.165) is 62.5 Å². The molecule has 36 heavy (non-hydrogen) atoms. The molecular formula is C31H36N4O. The molecular weight excluding hydrogens is 444 g/mol. The third-order valence-electron chi connectivity index (χ3n) is 8.17. The van der Waals surface area contributed by atoms with E-state index in [4.69, 9.17) is 0 Å². The number of aromatic nitrogens is 1. The van der Waals surface area contributed by atoms with Crippen molar-refractivity contribution in [2.24, 2.45) is 13.0 Å². The lowest BCUT2D eigenvalue weighted by Crippen LogP contribution is -2.37. The summed E-state index contributed by atoms with van der Waals surface area (Å²) in [5.74, 6) is 0.757. The summed E-state index contributed by atoms with van der Waals surface area (Å²) in [6.07, 6.45) is 11.5. The lowest BCUT2D eigenvalue weighted by Gasteiger charge is -2.30. The monoisotopic (exact) mass is 480 g/mol. The number of hydrogen-bond donors (Lipinski definition) is 1. The Balaban J connectivity index is 1.04. The summed E-state index contributed by atoms with van der Waals surface area (Å²) >= 11 is 0. The second-order valence-corrected chi connectivity index (χ2v) is 10.5. The number of rotatable bonds is 6. The van der Waals surface area contributed by atoms with Gasteiger partial charge in [-0.25, -0.2) is 0 Å². The van der Waals surface area contributed by atoms with Crippen LogP contribution in [0.2, 0.25) is 0 Å². The highest BCUT2D eigenvalue weighted by molar-refractivity contribution is 5.93. The minimum absolute atomic E-state index is 0.00685. The van der Waals surface area contributed by atoms with Crippen molar-refractivity contribution in [2.75, 3.05) is 19.6 Å². The van der Waals surface area contributed by atoms with Gasteiger partial charge in [0, 0.05) is 48.9 Å². The molecule has 0 atom stereocenters. The third kappa shape index (κ3) is 5.71. The van der Waals surface area contributed by atoms with Crippen LogP contribution in [0.4, 0.5) is 0 Å². The van der Waals surface area contributed by atoms with E-state index in [-0.39, 0.29) is 11.9 Å². The number of amides is 1. The number of hydrogen-bond acceptors (Lipinski definition) is 3. The average Bonchev–Trinajstić information content (AvgIpc) is 3.09. The predicted octanol–water partition coefficient (Wildman–Crippen LogP) is 5.23. The van der Waals surface area contributed by atoms with Gasteiger partial charge in [0.25, 0.3) is 0 Å². The first-order valence-corrected chi connectivity index (χ1v) is 13.4. The number of nitrogens with zero attached hydrogens (tertiary/aromatic N) is 3. The number of benzene rings is 2. The van der Waals surface area contributed by atoms with E-state index in [2.05, 4.69) is 51.2 Å². The number of carbonyl (C=O) groups excluding carboxylic acids is 1. The number of fused-ring (bicyclic) bond motifs is 2. The van der Waals surface area contributed by atoms with Crippen LogP contribution in [0, 0.1) is 17.2 Å². The van der Waals surface area contributed by atoms with Crippen LogP contribution in [0.25, 0.3) is 17.0 Å². The molecule has 5 nitrogen and oxygen atoms in total. The molecule has 1 fully saturated rings. The first-order chi connectivity index (χ1) is 17.6. The predicted molar refractivity (Wildman–Crippen MR) is 145 cm³/mol. The van der Waals surface area contributed by atoms with Crippen LogP contribution in [0.15, 0.2) is 54.6 Å². The molecule has 1 aromatic heterocycles. The van der Waals surface area contributed by atoms with Gasteiger partial charge in [0.15, 0.2) is 0 Å². The maximum Gasteiger partial charge on any atom is 0.244 e. The number of nitriles is 1. The smallest absolute Gasteiger partial charge is 0.244 e. The third-order valence-corrected chi connectivity index (χ3v) is 8.17. The molecule has 3 aromatic rings. The summed E-state index contributed by atoms with van der Waals surface area (Å²) < 4.78 is 2.12. The first-order valence-electron chi connectivity index (χ1n) is 13.4. The fourth-order valence-corrected chi connectivity index (χ4v) is 5.91. The Morgan fingerprint density at radius 2 is 1.83 bits per heavy atom. The molecule has 2 heterocycles. The SMILES string of the molecule is Cn1c(/C=C/C(=O)NC2CCC(CCN3CCc4ccc(C#N)cc4CC3)CC2)cc2ccccc21. The molecule has 2 aliphatic rings. The van der Waals surface area contributed by atoms with Gasteiger partial charge in [-0.15, -0.1) is 0 Å². The summed E-state index contributed by atoms with van der Waals surface area (Å²) in [5, 5.41) is 13.6. The molecule has 0 unspecified atom stereocenters. The van der Waals surface area contributed by atoms with Crippen molar-refractivity contribution in [3.8, 4) is 6.07 Å². The van der Waals surface area contributed by atoms with Gasteiger partial charge in [-0.1, -0.05) is 24.3 Å². The lowest BCUT2D eigenvalue weighted by molar-refractivity contribution is -0.117. The fraction of sp³-hybridized carbons (Fsp3) is 0.419. The van der Waals surface area contributed by atoms with E-state index in [9.17, 15) is 10.1 Å². The average molecular weight is 481 g/mol. The van der Waals surface area contributed by atoms with Crippen molar-refractivity contribution >= 4 is 22.9 Å². The Morgan fingerprint density at radius 1 is 1.06 bits per heavy atom.